The molecule has 0 aromatic rings. The third-order valence-corrected chi connectivity index (χ3v) is 3.78. The predicted octanol–water partition coefficient (Wildman–Crippen LogP) is 0.0220. The fourth-order valence-electron chi connectivity index (χ4n) is 1.75. The largest absolute Gasteiger partial charge is 0.343 e. The van der Waals surface area contributed by atoms with Crippen LogP contribution in [0.2, 0.25) is 0 Å². The van der Waals surface area contributed by atoms with Gasteiger partial charge in [0.15, 0.2) is 0 Å². The van der Waals surface area contributed by atoms with E-state index < -0.39 is 6.04 Å². The molecule has 1 rings (SSSR count). The normalized spacial score (nSPS) is 21.0. The summed E-state index contributed by atoms with van der Waals surface area (Å²) in [6.45, 7) is 6.96. The van der Waals surface area contributed by atoms with Crippen LogP contribution >= 0.6 is 11.8 Å². The molecule has 0 bridgehead atoms. The third-order valence-electron chi connectivity index (χ3n) is 2.84. The number of likely N-dealkylation sites (N-methyl/N-ethyl adjacent to an activating group) is 1. The zero-order chi connectivity index (χ0) is 12.8. The third kappa shape index (κ3) is 3.89. The van der Waals surface area contributed by atoms with Gasteiger partial charge in [0, 0.05) is 24.7 Å². The Morgan fingerprint density at radius 1 is 1.47 bits per heavy atom. The van der Waals surface area contributed by atoms with Crippen LogP contribution in [0.3, 0.4) is 0 Å². The van der Waals surface area contributed by atoms with Crippen LogP contribution in [0.5, 0.6) is 0 Å². The number of amides is 2. The Bertz CT molecular complexity index is 276. The Labute approximate surface area is 107 Å². The van der Waals surface area contributed by atoms with Crippen LogP contribution < -0.4 is 10.6 Å². The van der Waals surface area contributed by atoms with E-state index >= 15 is 0 Å². The van der Waals surface area contributed by atoms with Gasteiger partial charge in [0.25, 0.3) is 0 Å². The topological polar surface area (TPSA) is 61.4 Å². The fraction of sp³-hybridized carbons (Fsp3) is 0.818. The number of nitrogens with one attached hydrogen (secondary N) is 2. The molecule has 5 nitrogen and oxygen atoms in total. The van der Waals surface area contributed by atoms with Gasteiger partial charge in [-0.05, 0) is 20.8 Å². The van der Waals surface area contributed by atoms with Crippen molar-refractivity contribution in [2.24, 2.45) is 0 Å². The van der Waals surface area contributed by atoms with E-state index in [9.17, 15) is 9.59 Å². The van der Waals surface area contributed by atoms with Crippen molar-refractivity contribution in [1.82, 2.24) is 15.5 Å². The number of nitrogens with zero attached hydrogens (tertiary/aromatic N) is 1. The quantitative estimate of drug-likeness (QED) is 0.731. The number of rotatable bonds is 5. The van der Waals surface area contributed by atoms with E-state index in [1.54, 1.807) is 23.6 Å². The maximum absolute atomic E-state index is 11.9. The summed E-state index contributed by atoms with van der Waals surface area (Å²) in [5, 5.41) is 5.85. The summed E-state index contributed by atoms with van der Waals surface area (Å²) in [5.74, 6) is 1.48. The molecule has 1 aliphatic heterocycles. The zero-order valence-corrected chi connectivity index (χ0v) is 11.5. The van der Waals surface area contributed by atoms with E-state index in [1.807, 2.05) is 13.8 Å². The molecule has 2 amide bonds. The van der Waals surface area contributed by atoms with Crippen LogP contribution in [-0.4, -0.2) is 53.5 Å². The highest BCUT2D eigenvalue weighted by molar-refractivity contribution is 7.99. The second-order valence-electron chi connectivity index (χ2n) is 4.01. The lowest BCUT2D eigenvalue weighted by atomic mass is 10.2. The van der Waals surface area contributed by atoms with Crippen LogP contribution in [0.15, 0.2) is 0 Å². The molecular weight excluding hydrogens is 238 g/mol. The molecular formula is C11H21N3O2S. The molecule has 2 atom stereocenters. The van der Waals surface area contributed by atoms with Gasteiger partial charge in [-0.3, -0.25) is 14.9 Å². The zero-order valence-electron chi connectivity index (χ0n) is 10.7. The van der Waals surface area contributed by atoms with E-state index in [4.69, 9.17) is 0 Å². The van der Waals surface area contributed by atoms with Gasteiger partial charge in [-0.15, -0.1) is 11.8 Å². The lowest BCUT2D eigenvalue weighted by Crippen LogP contribution is -2.51. The molecule has 0 aromatic carbocycles. The number of carbonyl (C=O) groups is 2. The minimum absolute atomic E-state index is 0.0194. The highest BCUT2D eigenvalue weighted by Gasteiger charge is 2.26. The second-order valence-corrected chi connectivity index (χ2v) is 5.04. The smallest absolute Gasteiger partial charge is 0.244 e. The van der Waals surface area contributed by atoms with Crippen molar-refractivity contribution in [3.8, 4) is 0 Å². The van der Waals surface area contributed by atoms with Gasteiger partial charge < -0.3 is 10.2 Å². The SMILES string of the molecule is CCN(CC)C(=O)C(C)NC(=O)C1CSCN1. The first-order valence-electron chi connectivity index (χ1n) is 6.00. The monoisotopic (exact) mass is 259 g/mol. The van der Waals surface area contributed by atoms with Gasteiger partial charge in [0.2, 0.25) is 11.8 Å². The van der Waals surface area contributed by atoms with E-state index in [0.717, 1.165) is 11.6 Å². The Morgan fingerprint density at radius 3 is 2.59 bits per heavy atom. The van der Waals surface area contributed by atoms with Crippen molar-refractivity contribution in [1.29, 1.82) is 0 Å². The van der Waals surface area contributed by atoms with E-state index in [1.165, 1.54) is 0 Å². The minimum Gasteiger partial charge on any atom is -0.343 e. The summed E-state index contributed by atoms with van der Waals surface area (Å²) in [5.41, 5.74) is 0. The predicted molar refractivity (Wildman–Crippen MR) is 69.8 cm³/mol. The summed E-state index contributed by atoms with van der Waals surface area (Å²) in [6.07, 6.45) is 0. The summed E-state index contributed by atoms with van der Waals surface area (Å²) >= 11 is 1.69. The van der Waals surface area contributed by atoms with E-state index in [0.29, 0.717) is 13.1 Å². The summed E-state index contributed by atoms with van der Waals surface area (Å²) < 4.78 is 0. The molecule has 0 aromatic heterocycles. The number of hydrogen-bond acceptors (Lipinski definition) is 4. The highest BCUT2D eigenvalue weighted by Crippen LogP contribution is 2.09. The van der Waals surface area contributed by atoms with Gasteiger partial charge in [-0.2, -0.15) is 0 Å². The van der Waals surface area contributed by atoms with Gasteiger partial charge in [-0.25, -0.2) is 0 Å². The van der Waals surface area contributed by atoms with Crippen molar-refractivity contribution in [2.75, 3.05) is 24.7 Å². The molecule has 1 saturated heterocycles. The first kappa shape index (κ1) is 14.3. The molecule has 2 N–H and O–H groups in total. The average molecular weight is 259 g/mol. The molecule has 1 aliphatic rings. The molecule has 1 fully saturated rings. The Balaban J connectivity index is 2.44. The summed E-state index contributed by atoms with van der Waals surface area (Å²) in [7, 11) is 0. The van der Waals surface area contributed by atoms with Gasteiger partial charge in [0.05, 0.1) is 6.04 Å². The Hall–Kier alpha value is -0.750. The standard InChI is InChI=1S/C11H21N3O2S/c1-4-14(5-2)11(16)8(3)13-10(15)9-6-17-7-12-9/h8-9,12H,4-7H2,1-3H3,(H,13,15). The lowest BCUT2D eigenvalue weighted by Gasteiger charge is -2.24. The maximum Gasteiger partial charge on any atom is 0.244 e. The molecule has 2 unspecified atom stereocenters. The van der Waals surface area contributed by atoms with Crippen LogP contribution in [0.4, 0.5) is 0 Å². The molecule has 0 saturated carbocycles. The van der Waals surface area contributed by atoms with Crippen molar-refractivity contribution in [2.45, 2.75) is 32.9 Å². The molecule has 98 valence electrons. The minimum atomic E-state index is -0.449. The van der Waals surface area contributed by atoms with E-state index in [-0.39, 0.29) is 17.9 Å². The average Bonchev–Trinajstić information content (AvgIpc) is 2.83. The first-order valence-corrected chi connectivity index (χ1v) is 7.15. The second kappa shape index (κ2) is 6.86. The molecule has 17 heavy (non-hydrogen) atoms. The van der Waals surface area contributed by atoms with Crippen LogP contribution in [0.1, 0.15) is 20.8 Å². The fourth-order valence-corrected chi connectivity index (χ4v) is 2.69. The highest BCUT2D eigenvalue weighted by atomic mass is 32.2. The summed E-state index contributed by atoms with van der Waals surface area (Å²) in [4.78, 5) is 25.5. The molecule has 0 radical (unpaired) electrons. The van der Waals surface area contributed by atoms with Gasteiger partial charge in [0.1, 0.15) is 6.04 Å². The molecule has 0 aliphatic carbocycles. The molecule has 0 spiro atoms. The Kier molecular flexibility index (Phi) is 5.77. The molecule has 1 heterocycles. The number of hydrogen-bond donors (Lipinski definition) is 2. The van der Waals surface area contributed by atoms with Crippen molar-refractivity contribution < 1.29 is 9.59 Å². The van der Waals surface area contributed by atoms with Crippen LogP contribution in [0.25, 0.3) is 0 Å². The number of thioether (sulfide) groups is 1. The van der Waals surface area contributed by atoms with Crippen LogP contribution in [-0.2, 0) is 9.59 Å². The molecule has 6 heteroatoms. The lowest BCUT2D eigenvalue weighted by molar-refractivity contribution is -0.136. The number of carbonyl (C=O) groups excluding carboxylic acids is 2. The maximum atomic E-state index is 11.9. The van der Waals surface area contributed by atoms with Crippen LogP contribution in [0, 0.1) is 0 Å². The van der Waals surface area contributed by atoms with E-state index in [2.05, 4.69) is 10.6 Å². The summed E-state index contributed by atoms with van der Waals surface area (Å²) in [6, 6.07) is -0.609. The van der Waals surface area contributed by atoms with Crippen molar-refractivity contribution in [3.05, 3.63) is 0 Å². The van der Waals surface area contributed by atoms with Crippen molar-refractivity contribution >= 4 is 23.6 Å². The first-order chi connectivity index (χ1) is 8.10. The van der Waals surface area contributed by atoms with Gasteiger partial charge in [-0.1, -0.05) is 0 Å². The Morgan fingerprint density at radius 2 is 2.12 bits per heavy atom. The van der Waals surface area contributed by atoms with Gasteiger partial charge >= 0.3 is 0 Å². The van der Waals surface area contributed by atoms with Crippen molar-refractivity contribution in [3.63, 3.8) is 0 Å².